The van der Waals surface area contributed by atoms with Crippen LogP contribution in [-0.4, -0.2) is 0 Å². The molecule has 1 atom stereocenters. The van der Waals surface area contributed by atoms with E-state index in [-0.39, 0.29) is 11.5 Å². The average Bonchev–Trinajstić information content (AvgIpc) is 2.86. The lowest BCUT2D eigenvalue weighted by atomic mass is 9.86. The van der Waals surface area contributed by atoms with Crippen molar-refractivity contribution >= 4 is 11.3 Å². The van der Waals surface area contributed by atoms with Crippen LogP contribution in [0.25, 0.3) is 0 Å². The van der Waals surface area contributed by atoms with Gasteiger partial charge in [0.25, 0.3) is 0 Å². The van der Waals surface area contributed by atoms with Crippen molar-refractivity contribution in [2.24, 2.45) is 5.73 Å². The molecule has 102 valence electrons. The van der Waals surface area contributed by atoms with Gasteiger partial charge in [-0.05, 0) is 35.1 Å². The highest BCUT2D eigenvalue weighted by molar-refractivity contribution is 7.12. The number of rotatable bonds is 3. The maximum absolute atomic E-state index is 6.35. The summed E-state index contributed by atoms with van der Waals surface area (Å²) in [5.74, 6) is 0. The lowest BCUT2D eigenvalue weighted by Crippen LogP contribution is -2.13. The Balaban J connectivity index is 2.22. The number of aryl methyl sites for hydroxylation is 1. The van der Waals surface area contributed by atoms with Crippen molar-refractivity contribution in [3.05, 3.63) is 57.3 Å². The number of hydrogen-bond acceptors (Lipinski definition) is 2. The third-order valence-electron chi connectivity index (χ3n) is 3.47. The van der Waals surface area contributed by atoms with Crippen LogP contribution in [0.15, 0.2) is 36.4 Å². The first kappa shape index (κ1) is 14.3. The maximum Gasteiger partial charge on any atom is 0.0646 e. The van der Waals surface area contributed by atoms with Crippen molar-refractivity contribution < 1.29 is 0 Å². The van der Waals surface area contributed by atoms with Gasteiger partial charge >= 0.3 is 0 Å². The van der Waals surface area contributed by atoms with Gasteiger partial charge in [-0.25, -0.2) is 0 Å². The summed E-state index contributed by atoms with van der Waals surface area (Å²) < 4.78 is 0. The Morgan fingerprint density at radius 3 is 2.16 bits per heavy atom. The molecular formula is C17H23NS. The third kappa shape index (κ3) is 3.26. The topological polar surface area (TPSA) is 26.0 Å². The molecule has 1 aromatic carbocycles. The van der Waals surface area contributed by atoms with Crippen molar-refractivity contribution in [3.63, 3.8) is 0 Å². The summed E-state index contributed by atoms with van der Waals surface area (Å²) in [6.45, 7) is 8.87. The van der Waals surface area contributed by atoms with Crippen molar-refractivity contribution in [2.45, 2.75) is 45.6 Å². The molecule has 2 aromatic rings. The summed E-state index contributed by atoms with van der Waals surface area (Å²) in [5, 5.41) is 0. The first-order chi connectivity index (χ1) is 8.91. The molecule has 0 radical (unpaired) electrons. The van der Waals surface area contributed by atoms with Gasteiger partial charge in [0.2, 0.25) is 0 Å². The van der Waals surface area contributed by atoms with E-state index in [0.29, 0.717) is 0 Å². The summed E-state index contributed by atoms with van der Waals surface area (Å²) in [6.07, 6.45) is 1.08. The molecule has 0 aliphatic carbocycles. The number of benzene rings is 1. The molecule has 0 fully saturated rings. The molecule has 2 N–H and O–H groups in total. The average molecular weight is 273 g/mol. The Kier molecular flexibility index (Phi) is 4.12. The molecular weight excluding hydrogens is 250 g/mol. The van der Waals surface area contributed by atoms with Crippen LogP contribution >= 0.6 is 11.3 Å². The molecule has 0 aliphatic heterocycles. The van der Waals surface area contributed by atoms with E-state index in [4.69, 9.17) is 5.73 Å². The van der Waals surface area contributed by atoms with Crippen LogP contribution in [0.5, 0.6) is 0 Å². The van der Waals surface area contributed by atoms with Crippen molar-refractivity contribution in [1.82, 2.24) is 0 Å². The molecule has 19 heavy (non-hydrogen) atoms. The van der Waals surface area contributed by atoms with E-state index < -0.39 is 0 Å². The molecule has 0 saturated heterocycles. The Labute approximate surface area is 120 Å². The Morgan fingerprint density at radius 2 is 1.68 bits per heavy atom. The fraction of sp³-hybridized carbons (Fsp3) is 0.412. The zero-order chi connectivity index (χ0) is 14.0. The van der Waals surface area contributed by atoms with E-state index in [9.17, 15) is 0 Å². The highest BCUT2D eigenvalue weighted by atomic mass is 32.1. The number of nitrogens with two attached hydrogens (primary N) is 1. The molecule has 0 bridgehead atoms. The number of thiophene rings is 1. The molecule has 0 saturated carbocycles. The highest BCUT2D eigenvalue weighted by Crippen LogP contribution is 2.29. The van der Waals surface area contributed by atoms with E-state index in [0.717, 1.165) is 6.42 Å². The fourth-order valence-electron chi connectivity index (χ4n) is 2.11. The van der Waals surface area contributed by atoms with E-state index in [1.807, 2.05) is 11.3 Å². The second-order valence-corrected chi connectivity index (χ2v) is 7.21. The SMILES string of the molecule is CCc1ccc(C(N)c2ccc(C(C)(C)C)cc2)s1. The molecule has 0 aliphatic rings. The van der Waals surface area contributed by atoms with Gasteiger partial charge in [0.05, 0.1) is 6.04 Å². The van der Waals surface area contributed by atoms with E-state index in [2.05, 4.69) is 64.1 Å². The predicted octanol–water partition coefficient (Wildman–Crippen LogP) is 4.66. The van der Waals surface area contributed by atoms with Gasteiger partial charge in [-0.15, -0.1) is 11.3 Å². The quantitative estimate of drug-likeness (QED) is 0.865. The van der Waals surface area contributed by atoms with Crippen molar-refractivity contribution in [2.75, 3.05) is 0 Å². The third-order valence-corrected chi connectivity index (χ3v) is 4.79. The van der Waals surface area contributed by atoms with Crippen LogP contribution < -0.4 is 5.73 Å². The Bertz CT molecular complexity index is 531. The lowest BCUT2D eigenvalue weighted by Gasteiger charge is -2.20. The van der Waals surface area contributed by atoms with Gasteiger partial charge < -0.3 is 5.73 Å². The summed E-state index contributed by atoms with van der Waals surface area (Å²) in [6, 6.07) is 13.1. The molecule has 1 heterocycles. The second kappa shape index (κ2) is 5.48. The van der Waals surface area contributed by atoms with E-state index in [1.165, 1.54) is 20.9 Å². The molecule has 1 nitrogen and oxygen atoms in total. The monoisotopic (exact) mass is 273 g/mol. The molecule has 2 rings (SSSR count). The largest absolute Gasteiger partial charge is 0.320 e. The minimum atomic E-state index is -0.000631. The lowest BCUT2D eigenvalue weighted by molar-refractivity contribution is 0.590. The summed E-state index contributed by atoms with van der Waals surface area (Å²) in [5.41, 5.74) is 9.09. The zero-order valence-corrected chi connectivity index (χ0v) is 13.1. The second-order valence-electron chi connectivity index (χ2n) is 6.01. The van der Waals surface area contributed by atoms with Crippen LogP contribution in [0.2, 0.25) is 0 Å². The summed E-state index contributed by atoms with van der Waals surface area (Å²) in [4.78, 5) is 2.65. The van der Waals surface area contributed by atoms with Crippen LogP contribution in [0.4, 0.5) is 0 Å². The van der Waals surface area contributed by atoms with Crippen molar-refractivity contribution in [3.8, 4) is 0 Å². The van der Waals surface area contributed by atoms with Crippen molar-refractivity contribution in [1.29, 1.82) is 0 Å². The molecule has 1 aromatic heterocycles. The minimum Gasteiger partial charge on any atom is -0.320 e. The normalized spacial score (nSPS) is 13.5. The van der Waals surface area contributed by atoms with Gasteiger partial charge in [-0.3, -0.25) is 0 Å². The van der Waals surface area contributed by atoms with E-state index in [1.54, 1.807) is 0 Å². The van der Waals surface area contributed by atoms with Crippen LogP contribution in [0.1, 0.15) is 54.6 Å². The Morgan fingerprint density at radius 1 is 1.05 bits per heavy atom. The standard InChI is InChI=1S/C17H23NS/c1-5-14-10-11-15(19-14)16(18)12-6-8-13(9-7-12)17(2,3)4/h6-11,16H,5,18H2,1-4H3. The molecule has 0 spiro atoms. The fourth-order valence-corrected chi connectivity index (χ4v) is 3.09. The summed E-state index contributed by atoms with van der Waals surface area (Å²) in [7, 11) is 0. The van der Waals surface area contributed by atoms with Gasteiger partial charge in [0, 0.05) is 9.75 Å². The first-order valence-electron chi connectivity index (χ1n) is 6.86. The zero-order valence-electron chi connectivity index (χ0n) is 12.2. The molecule has 0 amide bonds. The number of hydrogen-bond donors (Lipinski definition) is 1. The summed E-state index contributed by atoms with van der Waals surface area (Å²) >= 11 is 1.82. The van der Waals surface area contributed by atoms with Crippen LogP contribution in [0.3, 0.4) is 0 Å². The van der Waals surface area contributed by atoms with Gasteiger partial charge in [0.1, 0.15) is 0 Å². The van der Waals surface area contributed by atoms with Crippen LogP contribution in [-0.2, 0) is 11.8 Å². The first-order valence-corrected chi connectivity index (χ1v) is 7.68. The highest BCUT2D eigenvalue weighted by Gasteiger charge is 2.15. The molecule has 2 heteroatoms. The van der Waals surface area contributed by atoms with Gasteiger partial charge in [-0.1, -0.05) is 52.0 Å². The van der Waals surface area contributed by atoms with Crippen LogP contribution in [0, 0.1) is 0 Å². The minimum absolute atomic E-state index is 0.000631. The smallest absolute Gasteiger partial charge is 0.0646 e. The Hall–Kier alpha value is -1.12. The maximum atomic E-state index is 6.35. The van der Waals surface area contributed by atoms with Gasteiger partial charge in [0.15, 0.2) is 0 Å². The predicted molar refractivity (Wildman–Crippen MR) is 84.9 cm³/mol. The van der Waals surface area contributed by atoms with Gasteiger partial charge in [-0.2, -0.15) is 0 Å². The molecule has 1 unspecified atom stereocenters. The van der Waals surface area contributed by atoms with E-state index >= 15 is 0 Å².